The molecule has 1 amide bonds. The van der Waals surface area contributed by atoms with Crippen molar-refractivity contribution in [2.24, 2.45) is 17.8 Å². The van der Waals surface area contributed by atoms with Crippen molar-refractivity contribution in [3.05, 3.63) is 0 Å². The second kappa shape index (κ2) is 4.36. The van der Waals surface area contributed by atoms with Gasteiger partial charge >= 0.3 is 0 Å². The molecule has 1 heterocycles. The molecule has 3 atom stereocenters. The molecular formula is C13H22N2O. The average molecular weight is 222 g/mol. The lowest BCUT2D eigenvalue weighted by Crippen LogP contribution is -2.44. The number of amides is 1. The normalized spacial score (nSPS) is 38.9. The van der Waals surface area contributed by atoms with Gasteiger partial charge in [0.25, 0.3) is 0 Å². The van der Waals surface area contributed by atoms with Gasteiger partial charge in [-0.1, -0.05) is 6.42 Å². The van der Waals surface area contributed by atoms with Crippen LogP contribution in [0.5, 0.6) is 0 Å². The summed E-state index contributed by atoms with van der Waals surface area (Å²) in [7, 11) is 0. The van der Waals surface area contributed by atoms with Crippen molar-refractivity contribution in [1.29, 1.82) is 0 Å². The maximum Gasteiger partial charge on any atom is 0.223 e. The van der Waals surface area contributed by atoms with E-state index in [0.717, 1.165) is 37.8 Å². The van der Waals surface area contributed by atoms with Gasteiger partial charge in [0.2, 0.25) is 5.91 Å². The molecule has 3 heteroatoms. The first-order chi connectivity index (χ1) is 7.83. The Labute approximate surface area is 97.4 Å². The topological polar surface area (TPSA) is 41.1 Å². The number of nitrogens with one attached hydrogen (secondary N) is 2. The van der Waals surface area contributed by atoms with Gasteiger partial charge in [-0.15, -0.1) is 0 Å². The van der Waals surface area contributed by atoms with Crippen LogP contribution in [-0.2, 0) is 4.79 Å². The fourth-order valence-electron chi connectivity index (χ4n) is 3.81. The highest BCUT2D eigenvalue weighted by atomic mass is 16.1. The summed E-state index contributed by atoms with van der Waals surface area (Å²) in [5.74, 6) is 2.33. The van der Waals surface area contributed by atoms with Gasteiger partial charge in [0.1, 0.15) is 0 Å². The lowest BCUT2D eigenvalue weighted by atomic mass is 9.93. The Balaban J connectivity index is 1.52. The minimum atomic E-state index is 0.278. The van der Waals surface area contributed by atoms with E-state index in [1.165, 1.54) is 25.7 Å². The van der Waals surface area contributed by atoms with Crippen LogP contribution < -0.4 is 10.6 Å². The molecule has 3 fully saturated rings. The zero-order valence-electron chi connectivity index (χ0n) is 9.87. The second-order valence-electron chi connectivity index (χ2n) is 5.81. The van der Waals surface area contributed by atoms with Crippen LogP contribution in [0.25, 0.3) is 0 Å². The Bertz CT molecular complexity index is 273. The summed E-state index contributed by atoms with van der Waals surface area (Å²) in [6, 6.07) is 0.515. The minimum Gasteiger partial charge on any atom is -0.353 e. The number of carbonyl (C=O) groups is 1. The molecule has 3 nitrogen and oxygen atoms in total. The predicted molar refractivity (Wildman–Crippen MR) is 63.0 cm³/mol. The molecule has 0 radical (unpaired) electrons. The van der Waals surface area contributed by atoms with Crippen molar-refractivity contribution in [3.8, 4) is 0 Å². The van der Waals surface area contributed by atoms with E-state index in [0.29, 0.717) is 11.9 Å². The molecule has 3 unspecified atom stereocenters. The average Bonchev–Trinajstić information content (AvgIpc) is 2.92. The standard InChI is InChI=1S/C13H22N2O/c16-13(10-3-5-14-6-4-10)15-12-8-9-1-2-11(12)7-9/h9-12,14H,1-8H2,(H,15,16). The van der Waals surface area contributed by atoms with Crippen LogP contribution in [0, 0.1) is 17.8 Å². The third kappa shape index (κ3) is 1.97. The van der Waals surface area contributed by atoms with Gasteiger partial charge in [-0.05, 0) is 57.0 Å². The van der Waals surface area contributed by atoms with Crippen LogP contribution in [0.4, 0.5) is 0 Å². The van der Waals surface area contributed by atoms with Crippen molar-refractivity contribution >= 4 is 5.91 Å². The van der Waals surface area contributed by atoms with E-state index in [1.54, 1.807) is 0 Å². The van der Waals surface area contributed by atoms with Crippen molar-refractivity contribution in [2.45, 2.75) is 44.6 Å². The first kappa shape index (κ1) is 10.6. The summed E-state index contributed by atoms with van der Waals surface area (Å²) in [5, 5.41) is 6.62. The van der Waals surface area contributed by atoms with E-state index in [1.807, 2.05) is 0 Å². The van der Waals surface area contributed by atoms with Crippen molar-refractivity contribution in [2.75, 3.05) is 13.1 Å². The quantitative estimate of drug-likeness (QED) is 0.739. The van der Waals surface area contributed by atoms with Crippen LogP contribution in [0.3, 0.4) is 0 Å². The second-order valence-corrected chi connectivity index (χ2v) is 5.81. The third-order valence-corrected chi connectivity index (χ3v) is 4.78. The highest BCUT2D eigenvalue weighted by Gasteiger charge is 2.40. The fourth-order valence-corrected chi connectivity index (χ4v) is 3.81. The van der Waals surface area contributed by atoms with Crippen LogP contribution in [0.15, 0.2) is 0 Å². The molecule has 2 saturated carbocycles. The lowest BCUT2D eigenvalue weighted by molar-refractivity contribution is -0.126. The summed E-state index contributed by atoms with van der Waals surface area (Å²) >= 11 is 0. The van der Waals surface area contributed by atoms with Gasteiger partial charge in [0.05, 0.1) is 0 Å². The summed E-state index contributed by atoms with van der Waals surface area (Å²) in [4.78, 5) is 12.1. The van der Waals surface area contributed by atoms with Gasteiger partial charge < -0.3 is 10.6 Å². The van der Waals surface area contributed by atoms with E-state index in [4.69, 9.17) is 0 Å². The van der Waals surface area contributed by atoms with Gasteiger partial charge in [0, 0.05) is 12.0 Å². The van der Waals surface area contributed by atoms with E-state index < -0.39 is 0 Å². The maximum absolute atomic E-state index is 12.1. The monoisotopic (exact) mass is 222 g/mol. The first-order valence-corrected chi connectivity index (χ1v) is 6.84. The Kier molecular flexibility index (Phi) is 2.88. The Hall–Kier alpha value is -0.570. The molecule has 2 bridgehead atoms. The van der Waals surface area contributed by atoms with E-state index >= 15 is 0 Å². The molecule has 3 rings (SSSR count). The molecular weight excluding hydrogens is 200 g/mol. The number of piperidine rings is 1. The number of rotatable bonds is 2. The molecule has 1 saturated heterocycles. The largest absolute Gasteiger partial charge is 0.353 e. The molecule has 0 spiro atoms. The van der Waals surface area contributed by atoms with E-state index in [-0.39, 0.29) is 5.92 Å². The lowest BCUT2D eigenvalue weighted by Gasteiger charge is -2.27. The summed E-state index contributed by atoms with van der Waals surface area (Å²) < 4.78 is 0. The minimum absolute atomic E-state index is 0.278. The highest BCUT2D eigenvalue weighted by molar-refractivity contribution is 5.79. The van der Waals surface area contributed by atoms with Gasteiger partial charge in [-0.3, -0.25) is 4.79 Å². The molecule has 3 aliphatic rings. The molecule has 2 aliphatic carbocycles. The number of hydrogen-bond donors (Lipinski definition) is 2. The van der Waals surface area contributed by atoms with Crippen LogP contribution in [0.2, 0.25) is 0 Å². The molecule has 0 aromatic heterocycles. The summed E-state index contributed by atoms with van der Waals surface area (Å²) in [5.41, 5.74) is 0. The number of carbonyl (C=O) groups excluding carboxylic acids is 1. The Morgan fingerprint density at radius 2 is 1.88 bits per heavy atom. The van der Waals surface area contributed by atoms with Gasteiger partial charge in [-0.25, -0.2) is 0 Å². The summed E-state index contributed by atoms with van der Waals surface area (Å²) in [6.45, 7) is 2.02. The Morgan fingerprint density at radius 3 is 2.50 bits per heavy atom. The summed E-state index contributed by atoms with van der Waals surface area (Å²) in [6.07, 6.45) is 7.42. The zero-order chi connectivity index (χ0) is 11.0. The molecule has 0 aromatic rings. The molecule has 90 valence electrons. The SMILES string of the molecule is O=C(NC1CC2CCC1C2)C1CCNCC1. The predicted octanol–water partition coefficient (Wildman–Crippen LogP) is 1.29. The number of fused-ring (bicyclic) bond motifs is 2. The van der Waals surface area contributed by atoms with Crippen LogP contribution in [0.1, 0.15) is 38.5 Å². The first-order valence-electron chi connectivity index (χ1n) is 6.84. The molecule has 0 aromatic carbocycles. The molecule has 16 heavy (non-hydrogen) atoms. The molecule has 1 aliphatic heterocycles. The number of hydrogen-bond acceptors (Lipinski definition) is 2. The molecule has 2 N–H and O–H groups in total. The fraction of sp³-hybridized carbons (Fsp3) is 0.923. The van der Waals surface area contributed by atoms with Gasteiger partial charge in [-0.2, -0.15) is 0 Å². The maximum atomic E-state index is 12.1. The van der Waals surface area contributed by atoms with Crippen molar-refractivity contribution in [3.63, 3.8) is 0 Å². The van der Waals surface area contributed by atoms with Gasteiger partial charge in [0.15, 0.2) is 0 Å². The third-order valence-electron chi connectivity index (χ3n) is 4.78. The van der Waals surface area contributed by atoms with Crippen LogP contribution in [-0.4, -0.2) is 25.0 Å². The Morgan fingerprint density at radius 1 is 1.06 bits per heavy atom. The van der Waals surface area contributed by atoms with Crippen molar-refractivity contribution < 1.29 is 4.79 Å². The highest BCUT2D eigenvalue weighted by Crippen LogP contribution is 2.44. The smallest absolute Gasteiger partial charge is 0.223 e. The van der Waals surface area contributed by atoms with E-state index in [2.05, 4.69) is 10.6 Å². The van der Waals surface area contributed by atoms with E-state index in [9.17, 15) is 4.79 Å². The zero-order valence-corrected chi connectivity index (χ0v) is 9.87. The van der Waals surface area contributed by atoms with Crippen molar-refractivity contribution in [1.82, 2.24) is 10.6 Å². The van der Waals surface area contributed by atoms with Crippen LogP contribution >= 0.6 is 0 Å².